The number of hydrogen-bond acceptors (Lipinski definition) is 4. The van der Waals surface area contributed by atoms with Crippen LogP contribution < -0.4 is 16.0 Å². The Morgan fingerprint density at radius 1 is 1.40 bits per heavy atom. The van der Waals surface area contributed by atoms with E-state index in [9.17, 15) is 0 Å². The molecule has 114 valence electrons. The molecule has 3 N–H and O–H groups in total. The van der Waals surface area contributed by atoms with Crippen LogP contribution in [0.15, 0.2) is 18.2 Å². The Labute approximate surface area is 126 Å². The van der Waals surface area contributed by atoms with E-state index in [0.29, 0.717) is 18.1 Å². The van der Waals surface area contributed by atoms with Gasteiger partial charge in [-0.2, -0.15) is 0 Å². The van der Waals surface area contributed by atoms with Crippen molar-refractivity contribution in [3.8, 4) is 5.75 Å². The minimum atomic E-state index is -0.336. The first-order valence-corrected chi connectivity index (χ1v) is 7.31. The molecule has 0 spiro atoms. The van der Waals surface area contributed by atoms with E-state index in [1.807, 2.05) is 25.1 Å². The maximum Gasteiger partial charge on any atom is 0.122 e. The molecular weight excluding hydrogens is 276 g/mol. The van der Waals surface area contributed by atoms with Gasteiger partial charge in [-0.25, -0.2) is 0 Å². The fourth-order valence-corrected chi connectivity index (χ4v) is 2.55. The van der Waals surface area contributed by atoms with Gasteiger partial charge in [-0.1, -0.05) is 18.5 Å². The van der Waals surface area contributed by atoms with E-state index in [1.54, 1.807) is 7.11 Å². The summed E-state index contributed by atoms with van der Waals surface area (Å²) in [7, 11) is 1.65. The van der Waals surface area contributed by atoms with Gasteiger partial charge in [0.2, 0.25) is 0 Å². The molecule has 0 fully saturated rings. The predicted molar refractivity (Wildman–Crippen MR) is 83.1 cm³/mol. The first kappa shape index (κ1) is 17.2. The molecular formula is C15H25ClN2O2. The van der Waals surface area contributed by atoms with Crippen molar-refractivity contribution >= 4 is 11.6 Å². The van der Waals surface area contributed by atoms with E-state index in [2.05, 4.69) is 19.3 Å². The van der Waals surface area contributed by atoms with Crippen molar-refractivity contribution in [3.63, 3.8) is 0 Å². The summed E-state index contributed by atoms with van der Waals surface area (Å²) in [6, 6.07) is 5.57. The first-order valence-electron chi connectivity index (χ1n) is 6.93. The zero-order chi connectivity index (χ0) is 15.2. The van der Waals surface area contributed by atoms with Gasteiger partial charge in [0.05, 0.1) is 18.8 Å². The highest BCUT2D eigenvalue weighted by Gasteiger charge is 2.33. The second kappa shape index (κ2) is 7.84. The zero-order valence-electron chi connectivity index (χ0n) is 12.7. The summed E-state index contributed by atoms with van der Waals surface area (Å²) < 4.78 is 11.3. The molecule has 20 heavy (non-hydrogen) atoms. The Hall–Kier alpha value is -0.810. The van der Waals surface area contributed by atoms with Gasteiger partial charge >= 0.3 is 0 Å². The molecule has 0 aromatic heterocycles. The Bertz CT molecular complexity index is 428. The predicted octanol–water partition coefficient (Wildman–Crippen LogP) is 2.93. The minimum Gasteiger partial charge on any atom is -0.496 e. The fourth-order valence-electron chi connectivity index (χ4n) is 2.36. The molecule has 0 saturated heterocycles. The summed E-state index contributed by atoms with van der Waals surface area (Å²) in [5.41, 5.74) is 3.55. The number of nitrogens with two attached hydrogens (primary N) is 1. The average Bonchev–Trinajstić information content (AvgIpc) is 2.45. The number of halogens is 1. The lowest BCUT2D eigenvalue weighted by molar-refractivity contribution is -0.0551. The van der Waals surface area contributed by atoms with Crippen LogP contribution >= 0.6 is 11.6 Å². The highest BCUT2D eigenvalue weighted by atomic mass is 35.5. The third-order valence-electron chi connectivity index (χ3n) is 3.78. The number of benzene rings is 1. The zero-order valence-corrected chi connectivity index (χ0v) is 13.5. The molecule has 0 aliphatic rings. The van der Waals surface area contributed by atoms with Crippen molar-refractivity contribution in [2.24, 2.45) is 5.84 Å². The van der Waals surface area contributed by atoms with Crippen LogP contribution in [0.25, 0.3) is 0 Å². The topological polar surface area (TPSA) is 56.5 Å². The first-order chi connectivity index (χ1) is 9.50. The maximum absolute atomic E-state index is 6.07. The summed E-state index contributed by atoms with van der Waals surface area (Å²) in [4.78, 5) is 0. The Morgan fingerprint density at radius 3 is 2.60 bits per heavy atom. The lowest BCUT2D eigenvalue weighted by Crippen LogP contribution is -2.54. The number of nitrogens with one attached hydrogen (secondary N) is 1. The van der Waals surface area contributed by atoms with Gasteiger partial charge in [-0.3, -0.25) is 11.3 Å². The number of hydrogen-bond donors (Lipinski definition) is 2. The Kier molecular flexibility index (Phi) is 6.76. The van der Waals surface area contributed by atoms with E-state index < -0.39 is 0 Å². The Morgan fingerprint density at radius 2 is 2.10 bits per heavy atom. The van der Waals surface area contributed by atoms with Gasteiger partial charge < -0.3 is 9.47 Å². The minimum absolute atomic E-state index is 0.0279. The average molecular weight is 301 g/mol. The lowest BCUT2D eigenvalue weighted by Gasteiger charge is -2.36. The van der Waals surface area contributed by atoms with Crippen LogP contribution in [0.2, 0.25) is 5.02 Å². The van der Waals surface area contributed by atoms with Crippen LogP contribution in [0, 0.1) is 0 Å². The summed E-state index contributed by atoms with van der Waals surface area (Å²) >= 11 is 6.07. The molecule has 2 unspecified atom stereocenters. The van der Waals surface area contributed by atoms with Crippen molar-refractivity contribution in [1.29, 1.82) is 0 Å². The molecule has 5 heteroatoms. The number of methoxy groups -OCH3 is 1. The highest BCUT2D eigenvalue weighted by molar-refractivity contribution is 6.30. The molecule has 1 rings (SSSR count). The molecule has 1 aromatic rings. The van der Waals surface area contributed by atoms with E-state index in [4.69, 9.17) is 26.9 Å². The van der Waals surface area contributed by atoms with E-state index >= 15 is 0 Å². The summed E-state index contributed by atoms with van der Waals surface area (Å²) in [5.74, 6) is 6.55. The number of ether oxygens (including phenoxy) is 2. The van der Waals surface area contributed by atoms with E-state index in [1.165, 1.54) is 0 Å². The largest absolute Gasteiger partial charge is 0.496 e. The molecule has 0 radical (unpaired) electrons. The standard InChI is InChI=1S/C15H25ClN2O2/c1-5-15(3,20-6-2)14(18-17)10-11-9-12(16)7-8-13(11)19-4/h7-9,14,18H,5-6,10,17H2,1-4H3. The molecule has 0 saturated carbocycles. The number of rotatable bonds is 8. The van der Waals surface area contributed by atoms with Gasteiger partial charge in [0.1, 0.15) is 5.75 Å². The molecule has 0 heterocycles. The molecule has 1 aromatic carbocycles. The molecule has 0 amide bonds. The normalized spacial score (nSPS) is 15.7. The van der Waals surface area contributed by atoms with Crippen LogP contribution in [0.1, 0.15) is 32.8 Å². The smallest absolute Gasteiger partial charge is 0.122 e. The van der Waals surface area contributed by atoms with Crippen LogP contribution in [0.5, 0.6) is 5.75 Å². The van der Waals surface area contributed by atoms with Gasteiger partial charge in [0, 0.05) is 11.6 Å². The van der Waals surface area contributed by atoms with Gasteiger partial charge in [0.15, 0.2) is 0 Å². The third kappa shape index (κ3) is 4.09. The van der Waals surface area contributed by atoms with Gasteiger partial charge in [-0.15, -0.1) is 0 Å². The lowest BCUT2D eigenvalue weighted by atomic mass is 9.88. The van der Waals surface area contributed by atoms with Crippen LogP contribution in [0.3, 0.4) is 0 Å². The highest BCUT2D eigenvalue weighted by Crippen LogP contribution is 2.28. The molecule has 4 nitrogen and oxygen atoms in total. The monoisotopic (exact) mass is 300 g/mol. The summed E-state index contributed by atoms with van der Waals surface area (Å²) in [6.45, 7) is 6.80. The van der Waals surface area contributed by atoms with Crippen molar-refractivity contribution < 1.29 is 9.47 Å². The van der Waals surface area contributed by atoms with Crippen molar-refractivity contribution in [2.45, 2.75) is 45.3 Å². The fraction of sp³-hybridized carbons (Fsp3) is 0.600. The second-order valence-electron chi connectivity index (χ2n) is 4.98. The van der Waals surface area contributed by atoms with Crippen LogP contribution in [0.4, 0.5) is 0 Å². The van der Waals surface area contributed by atoms with Gasteiger partial charge in [-0.05, 0) is 50.5 Å². The van der Waals surface area contributed by atoms with Crippen LogP contribution in [-0.2, 0) is 11.2 Å². The molecule has 0 aliphatic carbocycles. The van der Waals surface area contributed by atoms with Crippen molar-refractivity contribution in [2.75, 3.05) is 13.7 Å². The summed E-state index contributed by atoms with van der Waals surface area (Å²) in [5, 5.41) is 0.686. The molecule has 0 aliphatic heterocycles. The quantitative estimate of drug-likeness (QED) is 0.572. The second-order valence-corrected chi connectivity index (χ2v) is 5.42. The van der Waals surface area contributed by atoms with Gasteiger partial charge in [0.25, 0.3) is 0 Å². The van der Waals surface area contributed by atoms with Crippen LogP contribution in [-0.4, -0.2) is 25.4 Å². The van der Waals surface area contributed by atoms with Crippen molar-refractivity contribution in [3.05, 3.63) is 28.8 Å². The molecule has 2 atom stereocenters. The Balaban J connectivity index is 3.01. The number of hydrazine groups is 1. The maximum atomic E-state index is 6.07. The van der Waals surface area contributed by atoms with E-state index in [0.717, 1.165) is 17.7 Å². The van der Waals surface area contributed by atoms with Crippen molar-refractivity contribution in [1.82, 2.24) is 5.43 Å². The van der Waals surface area contributed by atoms with E-state index in [-0.39, 0.29) is 11.6 Å². The third-order valence-corrected chi connectivity index (χ3v) is 4.02. The summed E-state index contributed by atoms with van der Waals surface area (Å²) in [6.07, 6.45) is 1.54. The SMILES string of the molecule is CCOC(C)(CC)C(Cc1cc(Cl)ccc1OC)NN. The molecule has 0 bridgehead atoms.